The number of nitrogens with zero attached hydrogens (tertiary/aromatic N) is 1. The molecule has 0 spiro atoms. The number of hydrogen-bond donors (Lipinski definition) is 1. The molecule has 0 radical (unpaired) electrons. The third kappa shape index (κ3) is 5.02. The third-order valence-corrected chi connectivity index (χ3v) is 3.45. The molecular weight excluding hydrogens is 232 g/mol. The molecule has 98 valence electrons. The maximum absolute atomic E-state index is 12.3. The second-order valence-electron chi connectivity index (χ2n) is 5.52. The van der Waals surface area contributed by atoms with Crippen molar-refractivity contribution < 1.29 is 4.79 Å². The van der Waals surface area contributed by atoms with Crippen molar-refractivity contribution in [2.45, 2.75) is 40.0 Å². The van der Waals surface area contributed by atoms with Crippen molar-refractivity contribution in [3.8, 4) is 0 Å². The minimum Gasteiger partial charge on any atom is -0.393 e. The second kappa shape index (κ2) is 6.34. The highest BCUT2D eigenvalue weighted by molar-refractivity contribution is 7.80. The van der Waals surface area contributed by atoms with E-state index in [1.807, 2.05) is 11.8 Å². The number of thiocarbonyl (C=S) groups is 1. The molecule has 1 aliphatic rings. The molecule has 1 unspecified atom stereocenters. The first-order valence-electron chi connectivity index (χ1n) is 6.49. The van der Waals surface area contributed by atoms with Crippen molar-refractivity contribution in [1.82, 2.24) is 4.90 Å². The predicted molar refractivity (Wildman–Crippen MR) is 74.7 cm³/mol. The van der Waals surface area contributed by atoms with Crippen LogP contribution in [0.15, 0.2) is 0 Å². The molecule has 0 aromatic carbocycles. The van der Waals surface area contributed by atoms with Crippen LogP contribution in [0.1, 0.15) is 40.0 Å². The zero-order valence-corrected chi connectivity index (χ0v) is 11.9. The molecule has 0 aromatic heterocycles. The Morgan fingerprint density at radius 3 is 2.41 bits per heavy atom. The van der Waals surface area contributed by atoms with Crippen LogP contribution in [0.3, 0.4) is 0 Å². The van der Waals surface area contributed by atoms with Crippen molar-refractivity contribution in [2.24, 2.45) is 23.5 Å². The first kappa shape index (κ1) is 14.4. The van der Waals surface area contributed by atoms with E-state index in [1.54, 1.807) is 0 Å². The van der Waals surface area contributed by atoms with Gasteiger partial charge in [0.1, 0.15) is 0 Å². The average molecular weight is 256 g/mol. The zero-order valence-electron chi connectivity index (χ0n) is 11.1. The molecular formula is C13H24N2OS. The van der Waals surface area contributed by atoms with Gasteiger partial charge in [0.15, 0.2) is 0 Å². The van der Waals surface area contributed by atoms with Gasteiger partial charge in [-0.25, -0.2) is 0 Å². The normalized spacial score (nSPS) is 16.9. The highest BCUT2D eigenvalue weighted by Crippen LogP contribution is 2.37. The Morgan fingerprint density at radius 1 is 1.41 bits per heavy atom. The second-order valence-corrected chi connectivity index (χ2v) is 6.04. The maximum atomic E-state index is 12.3. The Balaban J connectivity index is 2.53. The van der Waals surface area contributed by atoms with Gasteiger partial charge in [0.2, 0.25) is 5.91 Å². The number of carbonyl (C=O) groups excluding carboxylic acids is 1. The van der Waals surface area contributed by atoms with Crippen LogP contribution in [-0.2, 0) is 4.79 Å². The van der Waals surface area contributed by atoms with Crippen molar-refractivity contribution in [3.63, 3.8) is 0 Å². The van der Waals surface area contributed by atoms with Crippen LogP contribution in [0.4, 0.5) is 0 Å². The Kier molecular flexibility index (Phi) is 5.37. The van der Waals surface area contributed by atoms with E-state index in [4.69, 9.17) is 18.0 Å². The average Bonchev–Trinajstić information content (AvgIpc) is 3.05. The smallest absolute Gasteiger partial charge is 0.225 e. The van der Waals surface area contributed by atoms with E-state index in [-0.39, 0.29) is 11.8 Å². The van der Waals surface area contributed by atoms with E-state index < -0.39 is 0 Å². The third-order valence-electron chi connectivity index (χ3n) is 3.24. The first-order valence-corrected chi connectivity index (χ1v) is 6.89. The van der Waals surface area contributed by atoms with Gasteiger partial charge in [0.05, 0.1) is 4.99 Å². The molecule has 0 heterocycles. The highest BCUT2D eigenvalue weighted by atomic mass is 32.1. The Bertz CT molecular complexity index is 287. The van der Waals surface area contributed by atoms with Crippen LogP contribution in [0.2, 0.25) is 0 Å². The van der Waals surface area contributed by atoms with Gasteiger partial charge in [-0.3, -0.25) is 4.79 Å². The van der Waals surface area contributed by atoms with Crippen LogP contribution in [0.5, 0.6) is 0 Å². The largest absolute Gasteiger partial charge is 0.393 e. The van der Waals surface area contributed by atoms with E-state index >= 15 is 0 Å². The fourth-order valence-corrected chi connectivity index (χ4v) is 2.15. The molecule has 4 heteroatoms. The molecule has 17 heavy (non-hydrogen) atoms. The molecule has 1 amide bonds. The van der Waals surface area contributed by atoms with Gasteiger partial charge in [0.25, 0.3) is 0 Å². The summed E-state index contributed by atoms with van der Waals surface area (Å²) in [6.45, 7) is 7.78. The van der Waals surface area contributed by atoms with Crippen molar-refractivity contribution >= 4 is 23.1 Å². The summed E-state index contributed by atoms with van der Waals surface area (Å²) in [5, 5.41) is 0. The molecule has 0 aliphatic heterocycles. The fourth-order valence-electron chi connectivity index (χ4n) is 2.06. The number of nitrogens with two attached hydrogens (primary N) is 1. The Hall–Kier alpha value is -0.640. The van der Waals surface area contributed by atoms with Gasteiger partial charge >= 0.3 is 0 Å². The highest BCUT2D eigenvalue weighted by Gasteiger charge is 2.34. The summed E-state index contributed by atoms with van der Waals surface area (Å²) in [6.07, 6.45) is 3.04. The van der Waals surface area contributed by atoms with Crippen LogP contribution in [0.25, 0.3) is 0 Å². The number of amides is 1. The molecule has 0 bridgehead atoms. The van der Waals surface area contributed by atoms with Crippen molar-refractivity contribution in [3.05, 3.63) is 0 Å². The lowest BCUT2D eigenvalue weighted by atomic mass is 10.0. The van der Waals surface area contributed by atoms with Gasteiger partial charge in [0, 0.05) is 25.4 Å². The van der Waals surface area contributed by atoms with Crippen molar-refractivity contribution in [2.75, 3.05) is 13.1 Å². The summed E-state index contributed by atoms with van der Waals surface area (Å²) in [5.41, 5.74) is 5.51. The quantitative estimate of drug-likeness (QED) is 0.710. The molecule has 1 atom stereocenters. The molecule has 1 saturated carbocycles. The van der Waals surface area contributed by atoms with Gasteiger partial charge in [-0.1, -0.05) is 33.0 Å². The summed E-state index contributed by atoms with van der Waals surface area (Å²) in [5.74, 6) is 1.54. The molecule has 1 aliphatic carbocycles. The number of rotatable bonds is 7. The summed E-state index contributed by atoms with van der Waals surface area (Å²) < 4.78 is 0. The van der Waals surface area contributed by atoms with E-state index in [0.717, 1.165) is 6.54 Å². The summed E-state index contributed by atoms with van der Waals surface area (Å²) in [6, 6.07) is 0. The first-order chi connectivity index (χ1) is 7.91. The van der Waals surface area contributed by atoms with Gasteiger partial charge in [-0.2, -0.15) is 0 Å². The van der Waals surface area contributed by atoms with Crippen molar-refractivity contribution in [1.29, 1.82) is 0 Å². The fraction of sp³-hybridized carbons (Fsp3) is 0.846. The number of carbonyl (C=O) groups is 1. The predicted octanol–water partition coefficient (Wildman–Crippen LogP) is 2.19. The summed E-state index contributed by atoms with van der Waals surface area (Å²) in [4.78, 5) is 14.7. The van der Waals surface area contributed by atoms with E-state index in [9.17, 15) is 4.79 Å². The molecule has 0 aromatic rings. The Labute approximate surface area is 110 Å². The summed E-state index contributed by atoms with van der Waals surface area (Å²) >= 11 is 4.88. The van der Waals surface area contributed by atoms with Crippen LogP contribution in [-0.4, -0.2) is 28.9 Å². The molecule has 0 saturated heterocycles. The maximum Gasteiger partial charge on any atom is 0.225 e. The van der Waals surface area contributed by atoms with E-state index in [0.29, 0.717) is 29.8 Å². The Morgan fingerprint density at radius 2 is 2.00 bits per heavy atom. The standard InChI is InChI=1S/C13H24N2OS/c1-9(2)8-15(7-6-12(14)17)13(16)10(3)11-4-5-11/h9-11H,4-8H2,1-3H3,(H2,14,17). The van der Waals surface area contributed by atoms with Crippen LogP contribution >= 0.6 is 12.2 Å². The number of hydrogen-bond acceptors (Lipinski definition) is 2. The minimum atomic E-state index is 0.167. The van der Waals surface area contributed by atoms with Crippen LogP contribution in [0, 0.1) is 17.8 Å². The SMILES string of the molecule is CC(C)CN(CCC(N)=S)C(=O)C(C)C1CC1. The zero-order chi connectivity index (χ0) is 13.0. The van der Waals surface area contributed by atoms with Gasteiger partial charge in [-0.05, 0) is 24.7 Å². The molecule has 1 fully saturated rings. The lowest BCUT2D eigenvalue weighted by molar-refractivity contribution is -0.136. The lowest BCUT2D eigenvalue weighted by Crippen LogP contribution is -2.40. The van der Waals surface area contributed by atoms with Gasteiger partial charge < -0.3 is 10.6 Å². The summed E-state index contributed by atoms with van der Waals surface area (Å²) in [7, 11) is 0. The minimum absolute atomic E-state index is 0.167. The topological polar surface area (TPSA) is 46.3 Å². The lowest BCUT2D eigenvalue weighted by Gasteiger charge is -2.27. The molecule has 2 N–H and O–H groups in total. The van der Waals surface area contributed by atoms with Gasteiger partial charge in [-0.15, -0.1) is 0 Å². The van der Waals surface area contributed by atoms with E-state index in [1.165, 1.54) is 12.8 Å². The molecule has 3 nitrogen and oxygen atoms in total. The van der Waals surface area contributed by atoms with Crippen LogP contribution < -0.4 is 5.73 Å². The molecule has 1 rings (SSSR count). The monoisotopic (exact) mass is 256 g/mol. The van der Waals surface area contributed by atoms with E-state index in [2.05, 4.69) is 13.8 Å².